The van der Waals surface area contributed by atoms with E-state index in [4.69, 9.17) is 0 Å². The van der Waals surface area contributed by atoms with Crippen molar-refractivity contribution in [3.63, 3.8) is 0 Å². The highest BCUT2D eigenvalue weighted by Crippen LogP contribution is 2.17. The van der Waals surface area contributed by atoms with Crippen LogP contribution >= 0.6 is 0 Å². The van der Waals surface area contributed by atoms with E-state index in [9.17, 15) is 0 Å². The summed E-state index contributed by atoms with van der Waals surface area (Å²) >= 11 is 0. The number of nitrogens with zero attached hydrogens (tertiary/aromatic N) is 1. The van der Waals surface area contributed by atoms with Crippen LogP contribution in [0.1, 0.15) is 39.0 Å². The van der Waals surface area contributed by atoms with E-state index < -0.39 is 0 Å². The smallest absolute Gasteiger partial charge is 0.0786 e. The first kappa shape index (κ1) is 9.05. The summed E-state index contributed by atoms with van der Waals surface area (Å²) < 4.78 is 1.36. The van der Waals surface area contributed by atoms with Gasteiger partial charge in [-0.25, -0.2) is 0 Å². The molecule has 1 aliphatic heterocycles. The maximum atomic E-state index is 2.42. The Labute approximate surface area is 71.0 Å². The fourth-order valence-electron chi connectivity index (χ4n) is 2.07. The standard InChI is InChI=1S/C10H22N/c1-3-4-5-8-11(2)9-6-7-10-11/h3-10H2,1-2H3/q+1. The van der Waals surface area contributed by atoms with Crippen molar-refractivity contribution in [2.24, 2.45) is 0 Å². The van der Waals surface area contributed by atoms with Gasteiger partial charge in [-0.3, -0.25) is 0 Å². The monoisotopic (exact) mass is 156 g/mol. The second-order valence-electron chi connectivity index (χ2n) is 4.20. The number of rotatable bonds is 4. The van der Waals surface area contributed by atoms with Crippen molar-refractivity contribution in [2.75, 3.05) is 26.7 Å². The van der Waals surface area contributed by atoms with Crippen molar-refractivity contribution in [3.8, 4) is 0 Å². The Morgan fingerprint density at radius 1 is 1.09 bits per heavy atom. The van der Waals surface area contributed by atoms with E-state index in [1.54, 1.807) is 0 Å². The lowest BCUT2D eigenvalue weighted by molar-refractivity contribution is -0.897. The van der Waals surface area contributed by atoms with Crippen LogP contribution < -0.4 is 0 Å². The van der Waals surface area contributed by atoms with Crippen molar-refractivity contribution in [1.82, 2.24) is 0 Å². The summed E-state index contributed by atoms with van der Waals surface area (Å²) in [5, 5.41) is 0. The number of hydrogen-bond acceptors (Lipinski definition) is 0. The van der Waals surface area contributed by atoms with Gasteiger partial charge in [0.05, 0.1) is 26.7 Å². The summed E-state index contributed by atoms with van der Waals surface area (Å²) in [6.07, 6.45) is 7.14. The van der Waals surface area contributed by atoms with Gasteiger partial charge in [0.1, 0.15) is 0 Å². The van der Waals surface area contributed by atoms with E-state index >= 15 is 0 Å². The maximum Gasteiger partial charge on any atom is 0.0786 e. The Bertz CT molecular complexity index is 103. The van der Waals surface area contributed by atoms with Crippen LogP contribution in [-0.2, 0) is 0 Å². The van der Waals surface area contributed by atoms with E-state index in [2.05, 4.69) is 14.0 Å². The van der Waals surface area contributed by atoms with Crippen LogP contribution in [0, 0.1) is 0 Å². The van der Waals surface area contributed by atoms with Gasteiger partial charge in [-0.15, -0.1) is 0 Å². The van der Waals surface area contributed by atoms with Gasteiger partial charge >= 0.3 is 0 Å². The Morgan fingerprint density at radius 2 is 1.73 bits per heavy atom. The van der Waals surface area contributed by atoms with Crippen LogP contribution in [0.15, 0.2) is 0 Å². The third-order valence-electron chi connectivity index (χ3n) is 2.95. The molecule has 0 aromatic heterocycles. The minimum atomic E-state index is 1.36. The molecule has 0 unspecified atom stereocenters. The van der Waals surface area contributed by atoms with E-state index in [-0.39, 0.29) is 0 Å². The van der Waals surface area contributed by atoms with Crippen molar-refractivity contribution in [3.05, 3.63) is 0 Å². The van der Waals surface area contributed by atoms with Gasteiger partial charge in [-0.1, -0.05) is 13.3 Å². The quantitative estimate of drug-likeness (QED) is 0.433. The summed E-state index contributed by atoms with van der Waals surface area (Å²) in [7, 11) is 2.42. The molecule has 11 heavy (non-hydrogen) atoms. The molecule has 0 bridgehead atoms. The van der Waals surface area contributed by atoms with E-state index in [1.807, 2.05) is 0 Å². The molecule has 1 fully saturated rings. The van der Waals surface area contributed by atoms with E-state index in [1.165, 1.54) is 56.2 Å². The first-order valence-electron chi connectivity index (χ1n) is 5.10. The summed E-state index contributed by atoms with van der Waals surface area (Å²) in [5.74, 6) is 0. The zero-order valence-electron chi connectivity index (χ0n) is 8.10. The highest BCUT2D eigenvalue weighted by Gasteiger charge is 2.25. The zero-order valence-corrected chi connectivity index (χ0v) is 8.10. The number of quaternary nitrogens is 1. The molecule has 0 radical (unpaired) electrons. The van der Waals surface area contributed by atoms with Gasteiger partial charge in [0.15, 0.2) is 0 Å². The van der Waals surface area contributed by atoms with Crippen molar-refractivity contribution in [1.29, 1.82) is 0 Å². The highest BCUT2D eigenvalue weighted by molar-refractivity contribution is 4.51. The molecule has 1 nitrogen and oxygen atoms in total. The molecule has 66 valence electrons. The first-order chi connectivity index (χ1) is 5.27. The average molecular weight is 156 g/mol. The molecule has 0 atom stereocenters. The third kappa shape index (κ3) is 2.82. The molecule has 1 aliphatic rings. The zero-order chi connectivity index (χ0) is 8.16. The van der Waals surface area contributed by atoms with E-state index in [0.29, 0.717) is 0 Å². The first-order valence-corrected chi connectivity index (χ1v) is 5.10. The number of unbranched alkanes of at least 4 members (excludes halogenated alkanes) is 2. The lowest BCUT2D eigenvalue weighted by atomic mass is 10.2. The van der Waals surface area contributed by atoms with Crippen LogP contribution in [0.25, 0.3) is 0 Å². The molecule has 0 aromatic carbocycles. The van der Waals surface area contributed by atoms with Gasteiger partial charge in [-0.05, 0) is 12.8 Å². The molecule has 1 rings (SSSR count). The van der Waals surface area contributed by atoms with Gasteiger partial charge < -0.3 is 4.48 Å². The molecular formula is C10H22N+. The molecule has 0 N–H and O–H groups in total. The Balaban J connectivity index is 2.13. The topological polar surface area (TPSA) is 0 Å². The lowest BCUT2D eigenvalue weighted by Gasteiger charge is -2.28. The fraction of sp³-hybridized carbons (Fsp3) is 1.00. The molecular weight excluding hydrogens is 134 g/mol. The molecule has 0 spiro atoms. The second-order valence-corrected chi connectivity index (χ2v) is 4.20. The third-order valence-corrected chi connectivity index (χ3v) is 2.95. The predicted molar refractivity (Wildman–Crippen MR) is 49.5 cm³/mol. The molecule has 0 aromatic rings. The second kappa shape index (κ2) is 4.10. The Morgan fingerprint density at radius 3 is 2.27 bits per heavy atom. The average Bonchev–Trinajstić information content (AvgIpc) is 2.38. The van der Waals surface area contributed by atoms with Crippen LogP contribution in [0.2, 0.25) is 0 Å². The minimum absolute atomic E-state index is 1.36. The van der Waals surface area contributed by atoms with Gasteiger partial charge in [-0.2, -0.15) is 0 Å². The van der Waals surface area contributed by atoms with Crippen molar-refractivity contribution < 1.29 is 4.48 Å². The molecule has 0 saturated carbocycles. The summed E-state index contributed by atoms with van der Waals surface area (Å²) in [6.45, 7) is 6.57. The van der Waals surface area contributed by atoms with Crippen LogP contribution in [0.5, 0.6) is 0 Å². The summed E-state index contributed by atoms with van der Waals surface area (Å²) in [5.41, 5.74) is 0. The molecule has 0 amide bonds. The number of likely N-dealkylation sites (tertiary alicyclic amines) is 1. The highest BCUT2D eigenvalue weighted by atomic mass is 15.3. The van der Waals surface area contributed by atoms with Gasteiger partial charge in [0.25, 0.3) is 0 Å². The van der Waals surface area contributed by atoms with Gasteiger partial charge in [0, 0.05) is 12.8 Å². The normalized spacial score (nSPS) is 22.4. The largest absolute Gasteiger partial charge is 0.326 e. The predicted octanol–water partition coefficient (Wildman–Crippen LogP) is 2.42. The number of hydrogen-bond donors (Lipinski definition) is 0. The summed E-state index contributed by atoms with van der Waals surface area (Å²) in [4.78, 5) is 0. The van der Waals surface area contributed by atoms with Gasteiger partial charge in [0.2, 0.25) is 0 Å². The van der Waals surface area contributed by atoms with Crippen molar-refractivity contribution in [2.45, 2.75) is 39.0 Å². The van der Waals surface area contributed by atoms with E-state index in [0.717, 1.165) is 0 Å². The fourth-order valence-corrected chi connectivity index (χ4v) is 2.07. The Kier molecular flexibility index (Phi) is 3.38. The molecule has 0 aliphatic carbocycles. The minimum Gasteiger partial charge on any atom is -0.326 e. The van der Waals surface area contributed by atoms with Crippen LogP contribution in [0.4, 0.5) is 0 Å². The molecule has 1 saturated heterocycles. The Hall–Kier alpha value is -0.0400. The summed E-state index contributed by atoms with van der Waals surface area (Å²) in [6, 6.07) is 0. The molecule has 1 heteroatoms. The van der Waals surface area contributed by atoms with Crippen LogP contribution in [0.3, 0.4) is 0 Å². The maximum absolute atomic E-state index is 2.42. The van der Waals surface area contributed by atoms with Crippen LogP contribution in [-0.4, -0.2) is 31.2 Å². The lowest BCUT2D eigenvalue weighted by Crippen LogP contribution is -2.41. The molecule has 1 heterocycles. The van der Waals surface area contributed by atoms with Crippen molar-refractivity contribution >= 4 is 0 Å². The SMILES string of the molecule is CCCCC[N+]1(C)CCCC1.